The molecule has 1 N–H and O–H groups in total. The highest BCUT2D eigenvalue weighted by atomic mass is 32.1. The van der Waals surface area contributed by atoms with Crippen LogP contribution in [0.15, 0.2) is 6.07 Å². The molecule has 0 saturated carbocycles. The molecule has 1 fully saturated rings. The first-order valence-electron chi connectivity index (χ1n) is 6.12. The minimum Gasteiger partial charge on any atom is -0.349 e. The van der Waals surface area contributed by atoms with E-state index in [2.05, 4.69) is 17.3 Å². The zero-order valence-corrected chi connectivity index (χ0v) is 11.6. The van der Waals surface area contributed by atoms with Gasteiger partial charge in [-0.05, 0) is 52.9 Å². The van der Waals surface area contributed by atoms with Gasteiger partial charge in [0.25, 0.3) is 5.91 Å². The van der Waals surface area contributed by atoms with Gasteiger partial charge in [0.1, 0.15) is 0 Å². The van der Waals surface area contributed by atoms with Crippen molar-refractivity contribution in [2.24, 2.45) is 0 Å². The Kier molecular flexibility index (Phi) is 3.84. The molecule has 1 aromatic heterocycles. The zero-order valence-electron chi connectivity index (χ0n) is 10.7. The van der Waals surface area contributed by atoms with Gasteiger partial charge < -0.3 is 10.2 Å². The van der Waals surface area contributed by atoms with E-state index in [4.69, 9.17) is 0 Å². The molecule has 1 aliphatic rings. The van der Waals surface area contributed by atoms with Crippen molar-refractivity contribution in [1.29, 1.82) is 0 Å². The highest BCUT2D eigenvalue weighted by Gasteiger charge is 2.20. The maximum Gasteiger partial charge on any atom is 0.252 e. The van der Waals surface area contributed by atoms with Gasteiger partial charge in [0.15, 0.2) is 0 Å². The molecule has 0 unspecified atom stereocenters. The Bertz CT molecular complexity index is 406. The summed E-state index contributed by atoms with van der Waals surface area (Å²) in [6.07, 6.45) is 2.12. The third-order valence-corrected chi connectivity index (χ3v) is 4.31. The minimum absolute atomic E-state index is 0.0985. The second-order valence-electron chi connectivity index (χ2n) is 4.88. The lowest BCUT2D eigenvalue weighted by Gasteiger charge is -2.29. The number of carbonyl (C=O) groups is 1. The average Bonchev–Trinajstić information content (AvgIpc) is 2.61. The normalized spacial score (nSPS) is 18.3. The number of nitrogens with zero attached hydrogens (tertiary/aromatic N) is 1. The number of thiophene rings is 1. The summed E-state index contributed by atoms with van der Waals surface area (Å²) in [4.78, 5) is 16.7. The summed E-state index contributed by atoms with van der Waals surface area (Å²) in [5.41, 5.74) is 0.853. The lowest BCUT2D eigenvalue weighted by molar-refractivity contribution is 0.0917. The van der Waals surface area contributed by atoms with Gasteiger partial charge in [0.05, 0.1) is 5.56 Å². The third kappa shape index (κ3) is 3.07. The maximum atomic E-state index is 12.1. The molecule has 1 saturated heterocycles. The molecule has 94 valence electrons. The van der Waals surface area contributed by atoms with E-state index in [1.807, 2.05) is 19.9 Å². The van der Waals surface area contributed by atoms with Gasteiger partial charge in [0.2, 0.25) is 0 Å². The minimum atomic E-state index is 0.0985. The molecule has 0 atom stereocenters. The Morgan fingerprint density at radius 1 is 1.41 bits per heavy atom. The number of amides is 1. The van der Waals surface area contributed by atoms with Gasteiger partial charge in [-0.15, -0.1) is 11.3 Å². The molecule has 0 aromatic carbocycles. The molecular formula is C13H20N2OS. The summed E-state index contributed by atoms with van der Waals surface area (Å²) >= 11 is 1.69. The second kappa shape index (κ2) is 5.19. The van der Waals surface area contributed by atoms with Crippen LogP contribution in [0.4, 0.5) is 0 Å². The topological polar surface area (TPSA) is 32.3 Å². The first-order chi connectivity index (χ1) is 8.06. The van der Waals surface area contributed by atoms with Crippen LogP contribution in [0.2, 0.25) is 0 Å². The fourth-order valence-electron chi connectivity index (χ4n) is 2.27. The van der Waals surface area contributed by atoms with Gasteiger partial charge in [-0.2, -0.15) is 0 Å². The van der Waals surface area contributed by atoms with E-state index in [0.717, 1.165) is 36.4 Å². The average molecular weight is 252 g/mol. The summed E-state index contributed by atoms with van der Waals surface area (Å²) in [5.74, 6) is 0.0985. The van der Waals surface area contributed by atoms with Gasteiger partial charge in [-0.3, -0.25) is 4.79 Å². The number of nitrogens with one attached hydrogen (secondary N) is 1. The van der Waals surface area contributed by atoms with E-state index in [1.165, 1.54) is 4.88 Å². The summed E-state index contributed by atoms with van der Waals surface area (Å²) in [6.45, 7) is 6.21. The number of hydrogen-bond acceptors (Lipinski definition) is 3. The van der Waals surface area contributed by atoms with Crippen molar-refractivity contribution in [2.45, 2.75) is 32.7 Å². The number of aryl methyl sites for hydroxylation is 2. The first kappa shape index (κ1) is 12.6. The Morgan fingerprint density at radius 3 is 2.59 bits per heavy atom. The summed E-state index contributed by atoms with van der Waals surface area (Å²) in [6, 6.07) is 2.34. The standard InChI is InChI=1S/C13H20N2OS/c1-9-8-12(10(2)17-9)13(16)14-11-4-6-15(3)7-5-11/h8,11H,4-7H2,1-3H3,(H,14,16). The fourth-order valence-corrected chi connectivity index (χ4v) is 3.19. The maximum absolute atomic E-state index is 12.1. The lowest BCUT2D eigenvalue weighted by Crippen LogP contribution is -2.43. The van der Waals surface area contributed by atoms with Crippen molar-refractivity contribution in [1.82, 2.24) is 10.2 Å². The van der Waals surface area contributed by atoms with Crippen LogP contribution in [-0.4, -0.2) is 37.0 Å². The van der Waals surface area contributed by atoms with Gasteiger partial charge in [0, 0.05) is 15.8 Å². The smallest absolute Gasteiger partial charge is 0.252 e. The number of rotatable bonds is 2. The van der Waals surface area contributed by atoms with Crippen molar-refractivity contribution in [3.8, 4) is 0 Å². The highest BCUT2D eigenvalue weighted by Crippen LogP contribution is 2.21. The van der Waals surface area contributed by atoms with Crippen LogP contribution in [0.3, 0.4) is 0 Å². The largest absolute Gasteiger partial charge is 0.349 e. The van der Waals surface area contributed by atoms with Gasteiger partial charge in [-0.25, -0.2) is 0 Å². The van der Waals surface area contributed by atoms with E-state index in [9.17, 15) is 4.79 Å². The summed E-state index contributed by atoms with van der Waals surface area (Å²) < 4.78 is 0. The van der Waals surface area contributed by atoms with Crippen LogP contribution in [-0.2, 0) is 0 Å². The quantitative estimate of drug-likeness (QED) is 0.875. The molecule has 17 heavy (non-hydrogen) atoms. The molecule has 1 amide bonds. The molecular weight excluding hydrogens is 232 g/mol. The van der Waals surface area contributed by atoms with Crippen molar-refractivity contribution in [2.75, 3.05) is 20.1 Å². The predicted octanol–water partition coefficient (Wildman–Crippen LogP) is 2.19. The first-order valence-corrected chi connectivity index (χ1v) is 6.94. The molecule has 0 bridgehead atoms. The van der Waals surface area contributed by atoms with Crippen LogP contribution in [0.5, 0.6) is 0 Å². The molecule has 0 radical (unpaired) electrons. The van der Waals surface area contributed by atoms with Crippen LogP contribution in [0, 0.1) is 13.8 Å². The van der Waals surface area contributed by atoms with Gasteiger partial charge in [-0.1, -0.05) is 0 Å². The Hall–Kier alpha value is -0.870. The second-order valence-corrected chi connectivity index (χ2v) is 6.34. The molecule has 1 aromatic rings. The lowest BCUT2D eigenvalue weighted by atomic mass is 10.1. The summed E-state index contributed by atoms with van der Waals surface area (Å²) in [7, 11) is 2.13. The van der Waals surface area contributed by atoms with Crippen LogP contribution >= 0.6 is 11.3 Å². The van der Waals surface area contributed by atoms with E-state index in [1.54, 1.807) is 11.3 Å². The van der Waals surface area contributed by atoms with Crippen molar-refractivity contribution < 1.29 is 4.79 Å². The Labute approximate surface area is 107 Å². The van der Waals surface area contributed by atoms with E-state index in [0.29, 0.717) is 6.04 Å². The Balaban J connectivity index is 1.95. The van der Waals surface area contributed by atoms with Crippen molar-refractivity contribution >= 4 is 17.2 Å². The summed E-state index contributed by atoms with van der Waals surface area (Å²) in [5, 5.41) is 3.15. The molecule has 4 heteroatoms. The molecule has 2 heterocycles. The van der Waals surface area contributed by atoms with Crippen molar-refractivity contribution in [3.63, 3.8) is 0 Å². The number of piperidine rings is 1. The SMILES string of the molecule is Cc1cc(C(=O)NC2CCN(C)CC2)c(C)s1. The van der Waals surface area contributed by atoms with Crippen LogP contribution in [0.1, 0.15) is 33.0 Å². The van der Waals surface area contributed by atoms with E-state index < -0.39 is 0 Å². The van der Waals surface area contributed by atoms with Crippen LogP contribution < -0.4 is 5.32 Å². The molecule has 0 aliphatic carbocycles. The Morgan fingerprint density at radius 2 is 2.06 bits per heavy atom. The third-order valence-electron chi connectivity index (χ3n) is 3.34. The fraction of sp³-hybridized carbons (Fsp3) is 0.615. The van der Waals surface area contributed by atoms with E-state index >= 15 is 0 Å². The zero-order chi connectivity index (χ0) is 12.4. The monoisotopic (exact) mass is 252 g/mol. The molecule has 1 aliphatic heterocycles. The van der Waals surface area contributed by atoms with Crippen molar-refractivity contribution in [3.05, 3.63) is 21.4 Å². The number of hydrogen-bond donors (Lipinski definition) is 1. The molecule has 0 spiro atoms. The number of carbonyl (C=O) groups excluding carboxylic acids is 1. The number of likely N-dealkylation sites (tertiary alicyclic amines) is 1. The molecule has 3 nitrogen and oxygen atoms in total. The molecule has 2 rings (SSSR count). The van der Waals surface area contributed by atoms with Crippen LogP contribution in [0.25, 0.3) is 0 Å². The highest BCUT2D eigenvalue weighted by molar-refractivity contribution is 7.12. The van der Waals surface area contributed by atoms with E-state index in [-0.39, 0.29) is 5.91 Å². The predicted molar refractivity (Wildman–Crippen MR) is 71.8 cm³/mol. The van der Waals surface area contributed by atoms with Gasteiger partial charge >= 0.3 is 0 Å².